The van der Waals surface area contributed by atoms with E-state index in [1.165, 1.54) is 127 Å². The predicted octanol–water partition coefficient (Wildman–Crippen LogP) is 24.3. The van der Waals surface area contributed by atoms with Crippen LogP contribution in [0.2, 0.25) is 0 Å². The van der Waals surface area contributed by atoms with Crippen molar-refractivity contribution in [1.82, 2.24) is 4.57 Å². The number of hydrogen-bond donors (Lipinski definition) is 0. The number of rotatable bonds is 8. The predicted molar refractivity (Wildman–Crippen MR) is 374 cm³/mol. The Labute approximate surface area is 511 Å². The van der Waals surface area contributed by atoms with Crippen molar-refractivity contribution in [2.75, 3.05) is 4.90 Å². The van der Waals surface area contributed by atoms with Crippen LogP contribution in [-0.4, -0.2) is 4.57 Å². The minimum atomic E-state index is 0.0106. The molecule has 0 fully saturated rings. The summed E-state index contributed by atoms with van der Waals surface area (Å²) >= 11 is 0. The van der Waals surface area contributed by atoms with Crippen LogP contribution >= 0.6 is 0 Å². The SMILES string of the molecule is CC(C)(C)c1ccc(-c2ccccc2-c2ccccc2N(c2ccc(-c3ccc(-c4cc(C(C)(C)C)cc(C(C)(C)C)c4)cc3)cc2)c2ccc3ccc4c(-n5c6ccc(C(C)(C)C)cc6c6cc(C(C)(C)C)ccc65)ccc5ccc2c3c54)cc1. The lowest BCUT2D eigenvalue weighted by molar-refractivity contribution is 0.569. The van der Waals surface area contributed by atoms with Gasteiger partial charge in [-0.3, -0.25) is 0 Å². The Bertz CT molecular complexity index is 4620. The molecular weight excluding hydrogens is 1040 g/mol. The largest absolute Gasteiger partial charge is 0.309 e. The molecule has 0 N–H and O–H groups in total. The van der Waals surface area contributed by atoms with E-state index in [9.17, 15) is 0 Å². The summed E-state index contributed by atoms with van der Waals surface area (Å²) in [5, 5.41) is 10.0. The highest BCUT2D eigenvalue weighted by molar-refractivity contribution is 6.28. The second kappa shape index (κ2) is 20.5. The zero-order chi connectivity index (χ0) is 60.4. The highest BCUT2D eigenvalue weighted by Gasteiger charge is 2.27. The Morgan fingerprint density at radius 1 is 0.267 bits per heavy atom. The molecule has 0 aliphatic rings. The molecule has 0 amide bonds. The molecule has 0 saturated carbocycles. The van der Waals surface area contributed by atoms with Gasteiger partial charge in [-0.15, -0.1) is 0 Å². The monoisotopic (exact) mass is 1120 g/mol. The molecule has 0 aliphatic heterocycles. The molecule has 13 rings (SSSR count). The summed E-state index contributed by atoms with van der Waals surface area (Å²) in [4.78, 5) is 2.52. The lowest BCUT2D eigenvalue weighted by Crippen LogP contribution is -2.16. The van der Waals surface area contributed by atoms with Gasteiger partial charge in [0, 0.05) is 32.8 Å². The van der Waals surface area contributed by atoms with E-state index < -0.39 is 0 Å². The molecule has 0 unspecified atom stereocenters. The first-order valence-corrected chi connectivity index (χ1v) is 31.1. The second-order valence-corrected chi connectivity index (χ2v) is 29.5. The Morgan fingerprint density at radius 2 is 0.686 bits per heavy atom. The van der Waals surface area contributed by atoms with E-state index in [0.717, 1.165) is 22.6 Å². The summed E-state index contributed by atoms with van der Waals surface area (Å²) in [5.74, 6) is 0. The normalized spacial score (nSPS) is 12.8. The van der Waals surface area contributed by atoms with Gasteiger partial charge in [0.25, 0.3) is 0 Å². The third-order valence-corrected chi connectivity index (χ3v) is 18.4. The fourth-order valence-corrected chi connectivity index (χ4v) is 13.1. The first-order chi connectivity index (χ1) is 40.8. The number of aromatic nitrogens is 1. The van der Waals surface area contributed by atoms with E-state index in [4.69, 9.17) is 0 Å². The number of nitrogens with zero attached hydrogens (tertiary/aromatic N) is 2. The van der Waals surface area contributed by atoms with Crippen molar-refractivity contribution < 1.29 is 0 Å². The van der Waals surface area contributed by atoms with Crippen molar-refractivity contribution in [1.29, 1.82) is 0 Å². The first kappa shape index (κ1) is 56.4. The van der Waals surface area contributed by atoms with Crippen LogP contribution in [-0.2, 0) is 27.1 Å². The fourth-order valence-electron chi connectivity index (χ4n) is 13.1. The first-order valence-electron chi connectivity index (χ1n) is 31.1. The smallest absolute Gasteiger partial charge is 0.0541 e. The third kappa shape index (κ3) is 10.1. The maximum atomic E-state index is 2.54. The Balaban J connectivity index is 0.992. The number of hydrogen-bond acceptors (Lipinski definition) is 1. The van der Waals surface area contributed by atoms with Crippen LogP contribution in [0.3, 0.4) is 0 Å². The number of fused-ring (bicyclic) bond motifs is 3. The summed E-state index contributed by atoms with van der Waals surface area (Å²) in [7, 11) is 0. The van der Waals surface area contributed by atoms with E-state index in [1.54, 1.807) is 0 Å². The Hall–Kier alpha value is -8.72. The van der Waals surface area contributed by atoms with Crippen LogP contribution in [0, 0.1) is 0 Å². The lowest BCUT2D eigenvalue weighted by atomic mass is 9.79. The maximum absolute atomic E-state index is 2.54. The lowest BCUT2D eigenvalue weighted by Gasteiger charge is -2.30. The summed E-state index contributed by atoms with van der Waals surface area (Å²) in [5.41, 5.74) is 23.5. The molecule has 2 heteroatoms. The fraction of sp³-hybridized carbons (Fsp3) is 0.238. The summed E-state index contributed by atoms with van der Waals surface area (Å²) in [6.07, 6.45) is 0. The van der Waals surface area contributed by atoms with E-state index in [1.807, 2.05) is 0 Å². The van der Waals surface area contributed by atoms with E-state index in [2.05, 4.69) is 338 Å². The van der Waals surface area contributed by atoms with Crippen molar-refractivity contribution in [3.05, 3.63) is 252 Å². The molecule has 13 aromatic rings. The van der Waals surface area contributed by atoms with Gasteiger partial charge in [0.1, 0.15) is 0 Å². The van der Waals surface area contributed by atoms with Gasteiger partial charge in [-0.25, -0.2) is 0 Å². The molecule has 1 aromatic heterocycles. The molecule has 12 aromatic carbocycles. The number of benzene rings is 12. The van der Waals surface area contributed by atoms with Gasteiger partial charge in [0.05, 0.1) is 28.1 Å². The molecule has 2 nitrogen and oxygen atoms in total. The van der Waals surface area contributed by atoms with Crippen molar-refractivity contribution in [2.24, 2.45) is 0 Å². The molecule has 0 spiro atoms. The van der Waals surface area contributed by atoms with Gasteiger partial charge >= 0.3 is 0 Å². The summed E-state index contributed by atoms with van der Waals surface area (Å²) in [6, 6.07) is 86.0. The highest BCUT2D eigenvalue weighted by Crippen LogP contribution is 2.50. The average molecular weight is 1120 g/mol. The molecule has 0 atom stereocenters. The second-order valence-electron chi connectivity index (χ2n) is 29.5. The van der Waals surface area contributed by atoms with Gasteiger partial charge in [0.2, 0.25) is 0 Å². The quantitative estimate of drug-likeness (QED) is 0.138. The summed E-state index contributed by atoms with van der Waals surface area (Å²) < 4.78 is 2.54. The van der Waals surface area contributed by atoms with Crippen molar-refractivity contribution >= 4 is 71.2 Å². The van der Waals surface area contributed by atoms with Gasteiger partial charge in [0.15, 0.2) is 0 Å². The van der Waals surface area contributed by atoms with Crippen LogP contribution in [0.15, 0.2) is 224 Å². The molecule has 86 heavy (non-hydrogen) atoms. The van der Waals surface area contributed by atoms with Gasteiger partial charge in [-0.05, 0) is 170 Å². The van der Waals surface area contributed by atoms with E-state index >= 15 is 0 Å². The van der Waals surface area contributed by atoms with Crippen LogP contribution in [0.4, 0.5) is 17.1 Å². The summed E-state index contributed by atoms with van der Waals surface area (Å²) in [6.45, 7) is 34.6. The number of para-hydroxylation sites is 1. The van der Waals surface area contributed by atoms with Crippen molar-refractivity contribution in [2.45, 2.75) is 131 Å². The Morgan fingerprint density at radius 3 is 1.22 bits per heavy atom. The van der Waals surface area contributed by atoms with Crippen molar-refractivity contribution in [3.63, 3.8) is 0 Å². The molecule has 1 heterocycles. The molecule has 0 radical (unpaired) electrons. The molecule has 0 saturated heterocycles. The molecule has 0 aliphatic carbocycles. The Kier molecular flexibility index (Phi) is 13.4. The standard InChI is InChI=1S/C84H82N2/c1-80(2,3)60-36-28-56(29-37-60)66-20-16-17-21-67(66)68-22-18-19-23-73(68)85(65-40-30-54(31-41-65)53-24-26-55(27-25-53)59-48-63(83(10,11)12)50-64(49-59)84(13,14)15)74-44-34-57-33-43-70-75(45-35-58-32-42-69(74)78(57)79(58)70)86-76-46-38-61(81(4,5)6)51-71(76)72-52-62(82(7,8)9)39-47-77(72)86/h16-52H,1-15H3. The van der Waals surface area contributed by atoms with Gasteiger partial charge in [-0.2, -0.15) is 0 Å². The van der Waals surface area contributed by atoms with E-state index in [-0.39, 0.29) is 27.1 Å². The number of anilines is 3. The van der Waals surface area contributed by atoms with Crippen molar-refractivity contribution in [3.8, 4) is 50.2 Å². The molecule has 428 valence electrons. The van der Waals surface area contributed by atoms with E-state index in [0.29, 0.717) is 0 Å². The third-order valence-electron chi connectivity index (χ3n) is 18.4. The van der Waals surface area contributed by atoms with Gasteiger partial charge < -0.3 is 9.47 Å². The van der Waals surface area contributed by atoms with Crippen LogP contribution in [0.5, 0.6) is 0 Å². The van der Waals surface area contributed by atoms with Crippen LogP contribution < -0.4 is 4.90 Å². The zero-order valence-corrected chi connectivity index (χ0v) is 53.3. The highest BCUT2D eigenvalue weighted by atomic mass is 15.1. The van der Waals surface area contributed by atoms with Gasteiger partial charge in [-0.1, -0.05) is 274 Å². The maximum Gasteiger partial charge on any atom is 0.0541 e. The molecular formula is C84H82N2. The minimum Gasteiger partial charge on any atom is -0.309 e. The van der Waals surface area contributed by atoms with Crippen LogP contribution in [0.25, 0.3) is 104 Å². The minimum absolute atomic E-state index is 0.0106. The molecule has 0 bridgehead atoms. The zero-order valence-electron chi connectivity index (χ0n) is 53.3. The van der Waals surface area contributed by atoms with Crippen LogP contribution in [0.1, 0.15) is 132 Å². The average Bonchev–Trinajstić information content (AvgIpc) is 1.74. The topological polar surface area (TPSA) is 8.17 Å².